The van der Waals surface area contributed by atoms with Crippen molar-refractivity contribution in [3.05, 3.63) is 0 Å². The van der Waals surface area contributed by atoms with Crippen LogP contribution in [0.5, 0.6) is 0 Å². The van der Waals surface area contributed by atoms with Crippen molar-refractivity contribution in [1.82, 2.24) is 9.80 Å². The highest BCUT2D eigenvalue weighted by Gasteiger charge is 2.37. The Bertz CT molecular complexity index is 250. The molecule has 0 fully saturated rings. The van der Waals surface area contributed by atoms with E-state index in [0.29, 0.717) is 0 Å². The first-order chi connectivity index (χ1) is 8.46. The molecule has 0 saturated carbocycles. The van der Waals surface area contributed by atoms with Gasteiger partial charge in [-0.15, -0.1) is 0 Å². The van der Waals surface area contributed by atoms with Gasteiger partial charge in [0.2, 0.25) is 0 Å². The van der Waals surface area contributed by atoms with Crippen LogP contribution in [0, 0.1) is 0 Å². The topological polar surface area (TPSA) is 46.5 Å². The zero-order valence-corrected chi connectivity index (χ0v) is 13.7. The second-order valence-electron chi connectivity index (χ2n) is 4.24. The Morgan fingerprint density at radius 3 is 1.89 bits per heavy atom. The summed E-state index contributed by atoms with van der Waals surface area (Å²) in [5.41, 5.74) is 0. The van der Waals surface area contributed by atoms with Gasteiger partial charge < -0.3 is 23.1 Å². The van der Waals surface area contributed by atoms with Crippen LogP contribution in [0.3, 0.4) is 0 Å². The molecule has 7 heteroatoms. The highest BCUT2D eigenvalue weighted by molar-refractivity contribution is 6.60. The van der Waals surface area contributed by atoms with Crippen LogP contribution in [0.4, 0.5) is 0 Å². The molecule has 0 aliphatic rings. The summed E-state index contributed by atoms with van der Waals surface area (Å²) in [6, 6.07) is 0.797. The van der Waals surface area contributed by atoms with Gasteiger partial charge in [-0.25, -0.2) is 0 Å². The molecule has 0 saturated heterocycles. The number of rotatable bonds is 7. The predicted octanol–water partition coefficient (Wildman–Crippen LogP) is 0.734. The van der Waals surface area contributed by atoms with Crippen LogP contribution >= 0.6 is 0 Å². The van der Waals surface area contributed by atoms with Gasteiger partial charge in [-0.1, -0.05) is 0 Å². The second-order valence-corrected chi connectivity index (χ2v) is 7.33. The van der Waals surface area contributed by atoms with Gasteiger partial charge in [0.1, 0.15) is 0 Å². The number of hydrogen-bond donors (Lipinski definition) is 0. The van der Waals surface area contributed by atoms with E-state index in [-0.39, 0.29) is 0 Å². The van der Waals surface area contributed by atoms with Crippen molar-refractivity contribution in [2.75, 3.05) is 56.1 Å². The SMILES string of the molecule is C/N=C(/N(C)C)N(C)CCC[Si](OC)(OC)OC. The summed E-state index contributed by atoms with van der Waals surface area (Å²) in [5, 5.41) is 0. The van der Waals surface area contributed by atoms with Crippen LogP contribution in [-0.2, 0) is 13.3 Å². The minimum Gasteiger partial charge on any atom is -0.377 e. The molecule has 18 heavy (non-hydrogen) atoms. The summed E-state index contributed by atoms with van der Waals surface area (Å²) in [6.07, 6.45) is 0.936. The molecule has 0 spiro atoms. The van der Waals surface area contributed by atoms with Crippen molar-refractivity contribution in [2.45, 2.75) is 12.5 Å². The fourth-order valence-corrected chi connectivity index (χ4v) is 3.60. The average molecular weight is 277 g/mol. The van der Waals surface area contributed by atoms with Crippen LogP contribution < -0.4 is 0 Å². The first kappa shape index (κ1) is 17.4. The monoisotopic (exact) mass is 277 g/mol. The maximum absolute atomic E-state index is 5.39. The molecule has 0 aromatic carbocycles. The van der Waals surface area contributed by atoms with Crippen molar-refractivity contribution < 1.29 is 13.3 Å². The lowest BCUT2D eigenvalue weighted by atomic mass is 10.4. The van der Waals surface area contributed by atoms with Gasteiger partial charge in [0.15, 0.2) is 5.96 Å². The van der Waals surface area contributed by atoms with E-state index in [9.17, 15) is 0 Å². The van der Waals surface area contributed by atoms with Crippen molar-refractivity contribution in [2.24, 2.45) is 4.99 Å². The fourth-order valence-electron chi connectivity index (χ4n) is 1.90. The molecule has 108 valence electrons. The summed E-state index contributed by atoms with van der Waals surface area (Å²) in [7, 11) is 10.3. The zero-order valence-electron chi connectivity index (χ0n) is 12.7. The van der Waals surface area contributed by atoms with Crippen molar-refractivity contribution in [3.63, 3.8) is 0 Å². The van der Waals surface area contributed by atoms with E-state index < -0.39 is 8.80 Å². The number of guanidine groups is 1. The Hall–Kier alpha value is -0.633. The third kappa shape index (κ3) is 4.93. The molecular weight excluding hydrogens is 250 g/mol. The summed E-state index contributed by atoms with van der Waals surface area (Å²) in [4.78, 5) is 8.35. The number of nitrogens with zero attached hydrogens (tertiary/aromatic N) is 3. The Balaban J connectivity index is 4.26. The van der Waals surface area contributed by atoms with Crippen molar-refractivity contribution in [3.8, 4) is 0 Å². The van der Waals surface area contributed by atoms with E-state index in [0.717, 1.165) is 25.0 Å². The van der Waals surface area contributed by atoms with E-state index in [1.165, 1.54) is 0 Å². The molecule has 0 aromatic heterocycles. The normalized spacial score (nSPS) is 12.7. The first-order valence-corrected chi connectivity index (χ1v) is 7.90. The lowest BCUT2D eigenvalue weighted by molar-refractivity contribution is 0.122. The minimum atomic E-state index is -2.44. The quantitative estimate of drug-likeness (QED) is 0.390. The summed E-state index contributed by atoms with van der Waals surface area (Å²) in [6.45, 7) is 0.885. The van der Waals surface area contributed by atoms with E-state index in [1.807, 2.05) is 26.0 Å². The Labute approximate surface area is 112 Å². The van der Waals surface area contributed by atoms with Crippen LogP contribution in [0.1, 0.15) is 6.42 Å². The fraction of sp³-hybridized carbons (Fsp3) is 0.909. The predicted molar refractivity (Wildman–Crippen MR) is 75.9 cm³/mol. The van der Waals surface area contributed by atoms with Gasteiger partial charge in [-0.3, -0.25) is 4.99 Å². The van der Waals surface area contributed by atoms with Crippen LogP contribution in [-0.4, -0.2) is 80.6 Å². The highest BCUT2D eigenvalue weighted by Crippen LogP contribution is 2.15. The largest absolute Gasteiger partial charge is 0.500 e. The Morgan fingerprint density at radius 2 is 1.56 bits per heavy atom. The molecule has 0 heterocycles. The van der Waals surface area contributed by atoms with E-state index >= 15 is 0 Å². The molecule has 0 aliphatic heterocycles. The number of aliphatic imine (C=N–C) groups is 1. The van der Waals surface area contributed by atoms with Gasteiger partial charge in [0.05, 0.1) is 0 Å². The first-order valence-electron chi connectivity index (χ1n) is 5.97. The molecule has 0 atom stereocenters. The molecule has 0 aromatic rings. The minimum absolute atomic E-state index is 0.797. The second kappa shape index (κ2) is 8.47. The molecule has 0 unspecified atom stereocenters. The molecule has 0 bridgehead atoms. The third-order valence-corrected chi connectivity index (χ3v) is 5.68. The van der Waals surface area contributed by atoms with E-state index in [4.69, 9.17) is 13.3 Å². The number of hydrogen-bond acceptors (Lipinski definition) is 4. The highest BCUT2D eigenvalue weighted by atomic mass is 28.4. The lowest BCUT2D eigenvalue weighted by Crippen LogP contribution is -2.44. The molecular formula is C11H27N3O3Si. The van der Waals surface area contributed by atoms with Crippen molar-refractivity contribution >= 4 is 14.8 Å². The maximum Gasteiger partial charge on any atom is 0.500 e. The van der Waals surface area contributed by atoms with Gasteiger partial charge in [-0.05, 0) is 6.42 Å². The van der Waals surface area contributed by atoms with Gasteiger partial charge in [0, 0.05) is 62.1 Å². The molecule has 0 amide bonds. The molecule has 0 N–H and O–H groups in total. The molecule has 0 aliphatic carbocycles. The van der Waals surface area contributed by atoms with Crippen molar-refractivity contribution in [1.29, 1.82) is 0 Å². The van der Waals surface area contributed by atoms with E-state index in [2.05, 4.69) is 9.89 Å². The molecule has 0 radical (unpaired) electrons. The van der Waals surface area contributed by atoms with Crippen LogP contribution in [0.15, 0.2) is 4.99 Å². The third-order valence-electron chi connectivity index (χ3n) is 2.85. The van der Waals surface area contributed by atoms with Crippen LogP contribution in [0.25, 0.3) is 0 Å². The summed E-state index contributed by atoms with van der Waals surface area (Å²) >= 11 is 0. The standard InChI is InChI=1S/C11H27N3O3Si/c1-12-11(13(2)3)14(4)9-8-10-18(15-5,16-6)17-7/h8-10H2,1-7H3/b12-11-. The summed E-state index contributed by atoms with van der Waals surface area (Å²) in [5.74, 6) is 0.953. The Kier molecular flexibility index (Phi) is 8.17. The Morgan fingerprint density at radius 1 is 1.06 bits per heavy atom. The van der Waals surface area contributed by atoms with Gasteiger partial charge in [0.25, 0.3) is 0 Å². The smallest absolute Gasteiger partial charge is 0.377 e. The summed E-state index contributed by atoms with van der Waals surface area (Å²) < 4.78 is 16.2. The van der Waals surface area contributed by atoms with Gasteiger partial charge in [-0.2, -0.15) is 0 Å². The lowest BCUT2D eigenvalue weighted by Gasteiger charge is -2.28. The molecule has 6 nitrogen and oxygen atoms in total. The van der Waals surface area contributed by atoms with Crippen LogP contribution in [0.2, 0.25) is 6.04 Å². The zero-order chi connectivity index (χ0) is 14.2. The van der Waals surface area contributed by atoms with Gasteiger partial charge >= 0.3 is 8.80 Å². The molecule has 0 rings (SSSR count). The maximum atomic E-state index is 5.39. The average Bonchev–Trinajstić information content (AvgIpc) is 2.35. The van der Waals surface area contributed by atoms with E-state index in [1.54, 1.807) is 28.4 Å².